The standard InChI is InChI=1S/C14H28N2O/c1-11(2)16-14(17)10-15-12(3)13-8-6-4-5-7-9-13/h11-13,15H,4-10H2,1-3H3,(H,16,17)/t12-/m0/s1. The topological polar surface area (TPSA) is 41.1 Å². The fourth-order valence-corrected chi connectivity index (χ4v) is 2.60. The third-order valence-electron chi connectivity index (χ3n) is 3.64. The number of nitrogens with one attached hydrogen (secondary N) is 2. The van der Waals surface area contributed by atoms with E-state index in [1.54, 1.807) is 0 Å². The van der Waals surface area contributed by atoms with Crippen LogP contribution in [0.5, 0.6) is 0 Å². The molecule has 2 N–H and O–H groups in total. The molecule has 0 unspecified atom stereocenters. The van der Waals surface area contributed by atoms with Crippen LogP contribution in [-0.2, 0) is 4.79 Å². The van der Waals surface area contributed by atoms with Crippen molar-refractivity contribution in [2.24, 2.45) is 5.92 Å². The average molecular weight is 240 g/mol. The highest BCUT2D eigenvalue weighted by molar-refractivity contribution is 5.78. The van der Waals surface area contributed by atoms with Gasteiger partial charge in [0.2, 0.25) is 5.91 Å². The van der Waals surface area contributed by atoms with Gasteiger partial charge in [0.15, 0.2) is 0 Å². The highest BCUT2D eigenvalue weighted by atomic mass is 16.1. The molecule has 3 heteroatoms. The summed E-state index contributed by atoms with van der Waals surface area (Å²) < 4.78 is 0. The third-order valence-corrected chi connectivity index (χ3v) is 3.64. The molecule has 1 rings (SSSR count). The largest absolute Gasteiger partial charge is 0.353 e. The van der Waals surface area contributed by atoms with E-state index in [0.29, 0.717) is 12.6 Å². The number of hydrogen-bond acceptors (Lipinski definition) is 2. The summed E-state index contributed by atoms with van der Waals surface area (Å²) in [6.45, 7) is 6.66. The molecule has 0 bridgehead atoms. The Kier molecular flexibility index (Phi) is 6.56. The van der Waals surface area contributed by atoms with E-state index in [1.165, 1.54) is 38.5 Å². The van der Waals surface area contributed by atoms with Crippen LogP contribution in [0.25, 0.3) is 0 Å². The van der Waals surface area contributed by atoms with Crippen LogP contribution in [0.3, 0.4) is 0 Å². The highest BCUT2D eigenvalue weighted by Crippen LogP contribution is 2.25. The van der Waals surface area contributed by atoms with E-state index >= 15 is 0 Å². The lowest BCUT2D eigenvalue weighted by Gasteiger charge is -2.23. The summed E-state index contributed by atoms with van der Waals surface area (Å²) >= 11 is 0. The fraction of sp³-hybridized carbons (Fsp3) is 0.929. The monoisotopic (exact) mass is 240 g/mol. The van der Waals surface area contributed by atoms with E-state index in [4.69, 9.17) is 0 Å². The second-order valence-electron chi connectivity index (χ2n) is 5.64. The van der Waals surface area contributed by atoms with Crippen LogP contribution in [0, 0.1) is 5.92 Å². The molecular formula is C14H28N2O. The number of hydrogen-bond donors (Lipinski definition) is 2. The summed E-state index contributed by atoms with van der Waals surface area (Å²) in [5.41, 5.74) is 0. The molecule has 0 aliphatic heterocycles. The second-order valence-corrected chi connectivity index (χ2v) is 5.64. The van der Waals surface area contributed by atoms with Gasteiger partial charge in [-0.2, -0.15) is 0 Å². The maximum Gasteiger partial charge on any atom is 0.234 e. The Labute approximate surface area is 106 Å². The molecule has 1 aliphatic rings. The van der Waals surface area contributed by atoms with Crippen LogP contribution in [0.2, 0.25) is 0 Å². The summed E-state index contributed by atoms with van der Waals surface area (Å²) in [5, 5.41) is 6.29. The molecule has 100 valence electrons. The Morgan fingerprint density at radius 1 is 1.12 bits per heavy atom. The summed E-state index contributed by atoms with van der Waals surface area (Å²) in [4.78, 5) is 11.5. The summed E-state index contributed by atoms with van der Waals surface area (Å²) in [6.07, 6.45) is 8.12. The minimum atomic E-state index is 0.112. The predicted molar refractivity (Wildman–Crippen MR) is 71.9 cm³/mol. The minimum Gasteiger partial charge on any atom is -0.353 e. The smallest absolute Gasteiger partial charge is 0.234 e. The number of carbonyl (C=O) groups excluding carboxylic acids is 1. The van der Waals surface area contributed by atoms with Gasteiger partial charge >= 0.3 is 0 Å². The van der Waals surface area contributed by atoms with Gasteiger partial charge < -0.3 is 10.6 Å². The Hall–Kier alpha value is -0.570. The Bertz CT molecular complexity index is 220. The van der Waals surface area contributed by atoms with Gasteiger partial charge in [0.05, 0.1) is 6.54 Å². The summed E-state index contributed by atoms with van der Waals surface area (Å²) in [7, 11) is 0. The van der Waals surface area contributed by atoms with Crippen molar-refractivity contribution >= 4 is 5.91 Å². The average Bonchev–Trinajstić information content (AvgIpc) is 2.53. The lowest BCUT2D eigenvalue weighted by Crippen LogP contribution is -2.42. The van der Waals surface area contributed by atoms with Gasteiger partial charge in [0, 0.05) is 12.1 Å². The molecule has 0 aromatic rings. The lowest BCUT2D eigenvalue weighted by molar-refractivity contribution is -0.120. The molecule has 1 fully saturated rings. The van der Waals surface area contributed by atoms with Crippen LogP contribution in [-0.4, -0.2) is 24.5 Å². The zero-order valence-corrected chi connectivity index (χ0v) is 11.6. The van der Waals surface area contributed by atoms with Gasteiger partial charge in [-0.05, 0) is 39.5 Å². The molecule has 0 heterocycles. The lowest BCUT2D eigenvalue weighted by atomic mass is 9.93. The van der Waals surface area contributed by atoms with Crippen molar-refractivity contribution in [3.8, 4) is 0 Å². The molecular weight excluding hydrogens is 212 g/mol. The Morgan fingerprint density at radius 3 is 2.24 bits per heavy atom. The van der Waals surface area contributed by atoms with Crippen molar-refractivity contribution in [3.05, 3.63) is 0 Å². The third kappa shape index (κ3) is 6.06. The maximum absolute atomic E-state index is 11.5. The fourth-order valence-electron chi connectivity index (χ4n) is 2.60. The van der Waals surface area contributed by atoms with Crippen molar-refractivity contribution in [1.82, 2.24) is 10.6 Å². The van der Waals surface area contributed by atoms with Gasteiger partial charge in [-0.15, -0.1) is 0 Å². The molecule has 3 nitrogen and oxygen atoms in total. The van der Waals surface area contributed by atoms with Crippen LogP contribution in [0.4, 0.5) is 0 Å². The second kappa shape index (κ2) is 7.70. The van der Waals surface area contributed by atoms with Crippen LogP contribution >= 0.6 is 0 Å². The van der Waals surface area contributed by atoms with E-state index in [0.717, 1.165) is 5.92 Å². The first kappa shape index (κ1) is 14.5. The van der Waals surface area contributed by atoms with E-state index < -0.39 is 0 Å². The molecule has 1 atom stereocenters. The van der Waals surface area contributed by atoms with Gasteiger partial charge in [-0.3, -0.25) is 4.79 Å². The normalized spacial score (nSPS) is 20.0. The van der Waals surface area contributed by atoms with Crippen LogP contribution in [0.15, 0.2) is 0 Å². The highest BCUT2D eigenvalue weighted by Gasteiger charge is 2.19. The van der Waals surface area contributed by atoms with Gasteiger partial charge in [-0.25, -0.2) is 0 Å². The van der Waals surface area contributed by atoms with Crippen molar-refractivity contribution in [2.45, 2.75) is 71.4 Å². The van der Waals surface area contributed by atoms with E-state index in [-0.39, 0.29) is 11.9 Å². The van der Waals surface area contributed by atoms with Crippen molar-refractivity contribution in [3.63, 3.8) is 0 Å². The van der Waals surface area contributed by atoms with Crippen molar-refractivity contribution in [2.75, 3.05) is 6.54 Å². The molecule has 0 aromatic carbocycles. The first-order valence-corrected chi connectivity index (χ1v) is 7.12. The van der Waals surface area contributed by atoms with Gasteiger partial charge in [0.25, 0.3) is 0 Å². The first-order chi connectivity index (χ1) is 8.09. The number of amides is 1. The van der Waals surface area contributed by atoms with E-state index in [9.17, 15) is 4.79 Å². The molecule has 0 aromatic heterocycles. The molecule has 1 amide bonds. The van der Waals surface area contributed by atoms with Crippen LogP contribution in [0.1, 0.15) is 59.3 Å². The van der Waals surface area contributed by atoms with E-state index in [2.05, 4.69) is 17.6 Å². The number of rotatable bonds is 5. The van der Waals surface area contributed by atoms with Crippen molar-refractivity contribution in [1.29, 1.82) is 0 Å². The maximum atomic E-state index is 11.5. The zero-order chi connectivity index (χ0) is 12.7. The first-order valence-electron chi connectivity index (χ1n) is 7.12. The quantitative estimate of drug-likeness (QED) is 0.725. The Morgan fingerprint density at radius 2 is 1.71 bits per heavy atom. The van der Waals surface area contributed by atoms with Crippen molar-refractivity contribution < 1.29 is 4.79 Å². The van der Waals surface area contributed by atoms with E-state index in [1.807, 2.05) is 13.8 Å². The SMILES string of the molecule is CC(C)NC(=O)CN[C@@H](C)C1CCCCCC1. The summed E-state index contributed by atoms with van der Waals surface area (Å²) in [5.74, 6) is 0.866. The molecule has 0 saturated heterocycles. The molecule has 1 aliphatic carbocycles. The predicted octanol–water partition coefficient (Wildman–Crippen LogP) is 2.46. The minimum absolute atomic E-state index is 0.112. The Balaban J connectivity index is 2.23. The zero-order valence-electron chi connectivity index (χ0n) is 11.6. The van der Waals surface area contributed by atoms with Gasteiger partial charge in [0.1, 0.15) is 0 Å². The molecule has 1 saturated carbocycles. The molecule has 0 spiro atoms. The van der Waals surface area contributed by atoms with Crippen LogP contribution < -0.4 is 10.6 Å². The van der Waals surface area contributed by atoms with Gasteiger partial charge in [-0.1, -0.05) is 25.7 Å². The molecule has 17 heavy (non-hydrogen) atoms. The summed E-state index contributed by atoms with van der Waals surface area (Å²) in [6, 6.07) is 0.698. The molecule has 0 radical (unpaired) electrons. The number of carbonyl (C=O) groups is 1.